The zero-order chi connectivity index (χ0) is 9.97. The first-order chi connectivity index (χ1) is 6.81. The Labute approximate surface area is 85.2 Å². The average Bonchev–Trinajstić information content (AvgIpc) is 2.77. The molecule has 2 aromatic rings. The maximum Gasteiger partial charge on any atom is 0.134 e. The minimum atomic E-state index is -0.0434. The Morgan fingerprint density at radius 3 is 3.07 bits per heavy atom. The Morgan fingerprint density at radius 2 is 2.43 bits per heavy atom. The molecule has 2 aromatic heterocycles. The van der Waals surface area contributed by atoms with Crippen molar-refractivity contribution in [2.24, 2.45) is 0 Å². The van der Waals surface area contributed by atoms with Gasteiger partial charge in [0.2, 0.25) is 0 Å². The fourth-order valence-corrected chi connectivity index (χ4v) is 1.82. The van der Waals surface area contributed by atoms with Gasteiger partial charge in [0.25, 0.3) is 0 Å². The third-order valence-corrected chi connectivity index (χ3v) is 2.81. The van der Waals surface area contributed by atoms with Gasteiger partial charge in [-0.2, -0.15) is 0 Å². The summed E-state index contributed by atoms with van der Waals surface area (Å²) in [5.41, 5.74) is 0.938. The van der Waals surface area contributed by atoms with Gasteiger partial charge in [0.05, 0.1) is 17.1 Å². The third kappa shape index (κ3) is 1.66. The number of aliphatic hydroxyl groups excluding tert-OH is 1. The largest absolute Gasteiger partial charge is 0.388 e. The zero-order valence-corrected chi connectivity index (χ0v) is 8.53. The number of imidazole rings is 1. The summed E-state index contributed by atoms with van der Waals surface area (Å²) in [6, 6.07) is 0. The highest BCUT2D eigenvalue weighted by Crippen LogP contribution is 2.12. The highest BCUT2D eigenvalue weighted by Gasteiger charge is 2.06. The molecule has 0 amide bonds. The number of aryl methyl sites for hydroxylation is 1. The molecule has 6 heteroatoms. The standard InChI is InChI=1S/C8H10N4OS/c1-6-7(14-11-10-6)4-12-3-2-9-8(12)5-13/h2-3,13H,4-5H2,1H3. The molecule has 14 heavy (non-hydrogen) atoms. The molecule has 0 aromatic carbocycles. The van der Waals surface area contributed by atoms with Gasteiger partial charge in [-0.25, -0.2) is 4.98 Å². The minimum absolute atomic E-state index is 0.0434. The molecule has 0 fully saturated rings. The normalized spacial score (nSPS) is 10.7. The van der Waals surface area contributed by atoms with Crippen LogP contribution in [0.3, 0.4) is 0 Å². The summed E-state index contributed by atoms with van der Waals surface area (Å²) in [6.45, 7) is 2.56. The molecular formula is C8H10N4OS. The second kappa shape index (κ2) is 3.85. The van der Waals surface area contributed by atoms with Crippen LogP contribution in [0.2, 0.25) is 0 Å². The molecule has 0 radical (unpaired) electrons. The molecule has 0 aliphatic heterocycles. The first kappa shape index (κ1) is 9.29. The predicted molar refractivity (Wildman–Crippen MR) is 51.9 cm³/mol. The van der Waals surface area contributed by atoms with Crippen molar-refractivity contribution in [3.05, 3.63) is 28.8 Å². The van der Waals surface area contributed by atoms with Crippen LogP contribution in [0.4, 0.5) is 0 Å². The fourth-order valence-electron chi connectivity index (χ4n) is 1.19. The van der Waals surface area contributed by atoms with Crippen molar-refractivity contribution in [3.8, 4) is 0 Å². The van der Waals surface area contributed by atoms with E-state index in [0.717, 1.165) is 10.6 Å². The molecule has 0 bridgehead atoms. The van der Waals surface area contributed by atoms with Crippen LogP contribution in [0.1, 0.15) is 16.4 Å². The number of nitrogens with zero attached hydrogens (tertiary/aromatic N) is 4. The topological polar surface area (TPSA) is 63.8 Å². The molecule has 0 spiro atoms. The quantitative estimate of drug-likeness (QED) is 0.805. The van der Waals surface area contributed by atoms with E-state index in [9.17, 15) is 0 Å². The summed E-state index contributed by atoms with van der Waals surface area (Å²) in [4.78, 5) is 5.12. The summed E-state index contributed by atoms with van der Waals surface area (Å²) in [7, 11) is 0. The lowest BCUT2D eigenvalue weighted by Crippen LogP contribution is -2.03. The van der Waals surface area contributed by atoms with Crippen molar-refractivity contribution in [1.29, 1.82) is 0 Å². The molecule has 2 heterocycles. The zero-order valence-electron chi connectivity index (χ0n) is 7.71. The summed E-state index contributed by atoms with van der Waals surface area (Å²) in [6.07, 6.45) is 3.51. The molecule has 0 aliphatic carbocycles. The van der Waals surface area contributed by atoms with E-state index in [1.54, 1.807) is 6.20 Å². The maximum absolute atomic E-state index is 8.99. The van der Waals surface area contributed by atoms with Crippen molar-refractivity contribution in [1.82, 2.24) is 19.1 Å². The molecule has 0 saturated carbocycles. The van der Waals surface area contributed by atoms with Gasteiger partial charge in [-0.3, -0.25) is 0 Å². The van der Waals surface area contributed by atoms with Crippen LogP contribution in [0.15, 0.2) is 12.4 Å². The van der Waals surface area contributed by atoms with Crippen LogP contribution in [-0.2, 0) is 13.2 Å². The van der Waals surface area contributed by atoms with Gasteiger partial charge in [-0.1, -0.05) is 4.49 Å². The first-order valence-corrected chi connectivity index (χ1v) is 4.97. The Bertz CT molecular complexity index is 422. The number of aliphatic hydroxyl groups is 1. The van der Waals surface area contributed by atoms with Gasteiger partial charge in [0.15, 0.2) is 0 Å². The van der Waals surface area contributed by atoms with Gasteiger partial charge in [0, 0.05) is 12.4 Å². The van der Waals surface area contributed by atoms with E-state index in [0.29, 0.717) is 12.4 Å². The molecule has 0 saturated heterocycles. The van der Waals surface area contributed by atoms with E-state index in [-0.39, 0.29) is 6.61 Å². The third-order valence-electron chi connectivity index (χ3n) is 2.00. The maximum atomic E-state index is 8.99. The molecule has 5 nitrogen and oxygen atoms in total. The molecule has 1 N–H and O–H groups in total. The van der Waals surface area contributed by atoms with Crippen molar-refractivity contribution in [2.75, 3.05) is 0 Å². The van der Waals surface area contributed by atoms with E-state index in [1.807, 2.05) is 17.7 Å². The van der Waals surface area contributed by atoms with Gasteiger partial charge in [0.1, 0.15) is 12.4 Å². The number of hydrogen-bond acceptors (Lipinski definition) is 5. The SMILES string of the molecule is Cc1nnsc1Cn1ccnc1CO. The second-order valence-corrected chi connectivity index (χ2v) is 3.75. The minimum Gasteiger partial charge on any atom is -0.388 e. The van der Waals surface area contributed by atoms with Gasteiger partial charge < -0.3 is 9.67 Å². The molecule has 0 aliphatic rings. The number of hydrogen-bond donors (Lipinski definition) is 1. The second-order valence-electron chi connectivity index (χ2n) is 2.91. The Morgan fingerprint density at radius 1 is 1.57 bits per heavy atom. The summed E-state index contributed by atoms with van der Waals surface area (Å²) in [5.74, 6) is 0.665. The summed E-state index contributed by atoms with van der Waals surface area (Å²) in [5, 5.41) is 12.9. The van der Waals surface area contributed by atoms with Crippen LogP contribution in [0, 0.1) is 6.92 Å². The molecule has 0 unspecified atom stereocenters. The molecule has 0 atom stereocenters. The van der Waals surface area contributed by atoms with E-state index in [4.69, 9.17) is 5.11 Å². The van der Waals surface area contributed by atoms with Crippen LogP contribution in [0.25, 0.3) is 0 Å². The van der Waals surface area contributed by atoms with Crippen molar-refractivity contribution < 1.29 is 5.11 Å². The lowest BCUT2D eigenvalue weighted by atomic mass is 10.4. The predicted octanol–water partition coefficient (Wildman–Crippen LogP) is 0.584. The monoisotopic (exact) mass is 210 g/mol. The lowest BCUT2D eigenvalue weighted by Gasteiger charge is -2.03. The van der Waals surface area contributed by atoms with Crippen LogP contribution >= 0.6 is 11.5 Å². The van der Waals surface area contributed by atoms with Gasteiger partial charge >= 0.3 is 0 Å². The Kier molecular flexibility index (Phi) is 2.55. The van der Waals surface area contributed by atoms with E-state index in [2.05, 4.69) is 14.6 Å². The smallest absolute Gasteiger partial charge is 0.134 e. The molecular weight excluding hydrogens is 200 g/mol. The van der Waals surface area contributed by atoms with Crippen molar-refractivity contribution >= 4 is 11.5 Å². The average molecular weight is 210 g/mol. The van der Waals surface area contributed by atoms with Crippen molar-refractivity contribution in [2.45, 2.75) is 20.1 Å². The van der Waals surface area contributed by atoms with Crippen LogP contribution in [0.5, 0.6) is 0 Å². The van der Waals surface area contributed by atoms with Crippen molar-refractivity contribution in [3.63, 3.8) is 0 Å². The molecule has 2 rings (SSSR count). The first-order valence-electron chi connectivity index (χ1n) is 4.20. The Balaban J connectivity index is 2.22. The summed E-state index contributed by atoms with van der Waals surface area (Å²) < 4.78 is 5.74. The highest BCUT2D eigenvalue weighted by molar-refractivity contribution is 7.05. The van der Waals surface area contributed by atoms with E-state index >= 15 is 0 Å². The highest BCUT2D eigenvalue weighted by atomic mass is 32.1. The Hall–Kier alpha value is -1.27. The fraction of sp³-hybridized carbons (Fsp3) is 0.375. The van der Waals surface area contributed by atoms with Crippen LogP contribution in [-0.4, -0.2) is 24.2 Å². The molecule has 74 valence electrons. The lowest BCUT2D eigenvalue weighted by molar-refractivity contribution is 0.266. The van der Waals surface area contributed by atoms with Gasteiger partial charge in [-0.15, -0.1) is 5.10 Å². The number of aromatic nitrogens is 4. The van der Waals surface area contributed by atoms with Crippen LogP contribution < -0.4 is 0 Å². The number of rotatable bonds is 3. The van der Waals surface area contributed by atoms with Gasteiger partial charge in [-0.05, 0) is 18.5 Å². The van der Waals surface area contributed by atoms with E-state index in [1.165, 1.54) is 11.5 Å². The summed E-state index contributed by atoms with van der Waals surface area (Å²) >= 11 is 1.38. The van der Waals surface area contributed by atoms with E-state index < -0.39 is 0 Å².